The van der Waals surface area contributed by atoms with Crippen LogP contribution >= 0.6 is 15.9 Å². The molecule has 8 heteroatoms. The van der Waals surface area contributed by atoms with Gasteiger partial charge in [-0.05, 0) is 46.6 Å². The lowest BCUT2D eigenvalue weighted by Crippen LogP contribution is -2.11. The van der Waals surface area contributed by atoms with Crippen LogP contribution < -0.4 is 9.47 Å². The highest BCUT2D eigenvalue weighted by atomic mass is 79.9. The van der Waals surface area contributed by atoms with Gasteiger partial charge in [-0.1, -0.05) is 12.1 Å². The zero-order valence-corrected chi connectivity index (χ0v) is 16.6. The van der Waals surface area contributed by atoms with Gasteiger partial charge in [0.25, 0.3) is 0 Å². The van der Waals surface area contributed by atoms with Gasteiger partial charge in [0.1, 0.15) is 0 Å². The second-order valence-electron chi connectivity index (χ2n) is 5.49. The van der Waals surface area contributed by atoms with Crippen LogP contribution in [0.25, 0.3) is 0 Å². The summed E-state index contributed by atoms with van der Waals surface area (Å²) in [6.07, 6.45) is 1.13. The lowest BCUT2D eigenvalue weighted by Gasteiger charge is -2.13. The van der Waals surface area contributed by atoms with Gasteiger partial charge >= 0.3 is 5.97 Å². The number of hydrogen-bond donors (Lipinski definition) is 0. The Balaban J connectivity index is 2.33. The van der Waals surface area contributed by atoms with E-state index in [1.807, 2.05) is 6.07 Å². The maximum Gasteiger partial charge on any atom is 0.343 e. The second-order valence-corrected chi connectivity index (χ2v) is 8.48. The Morgan fingerprint density at radius 3 is 2.62 bits per heavy atom. The molecule has 0 unspecified atom stereocenters. The smallest absolute Gasteiger partial charge is 0.343 e. The number of carbonyl (C=O) groups is 1. The Labute approximate surface area is 160 Å². The normalized spacial score (nSPS) is 10.8. The van der Waals surface area contributed by atoms with Crippen molar-refractivity contribution in [3.63, 3.8) is 0 Å². The molecule has 0 saturated heterocycles. The molecule has 0 fully saturated rings. The Bertz CT molecular complexity index is 980. The maximum atomic E-state index is 12.5. The summed E-state index contributed by atoms with van der Waals surface area (Å²) in [6.45, 7) is 2.10. The predicted octanol–water partition coefficient (Wildman–Crippen LogP) is 3.48. The Morgan fingerprint density at radius 2 is 2.00 bits per heavy atom. The first-order valence-corrected chi connectivity index (χ1v) is 10.4. The summed E-state index contributed by atoms with van der Waals surface area (Å²) in [5.74, 6) is -0.408. The van der Waals surface area contributed by atoms with Gasteiger partial charge in [0, 0.05) is 12.3 Å². The van der Waals surface area contributed by atoms with Crippen molar-refractivity contribution in [1.29, 1.82) is 5.26 Å². The van der Waals surface area contributed by atoms with Crippen molar-refractivity contribution in [1.82, 2.24) is 0 Å². The van der Waals surface area contributed by atoms with Gasteiger partial charge in [0.05, 0.1) is 34.0 Å². The van der Waals surface area contributed by atoms with E-state index in [0.717, 1.165) is 6.26 Å². The summed E-state index contributed by atoms with van der Waals surface area (Å²) in [5, 5.41) is 9.05. The zero-order valence-electron chi connectivity index (χ0n) is 14.2. The van der Waals surface area contributed by atoms with Crippen LogP contribution in [0.3, 0.4) is 0 Å². The largest absolute Gasteiger partial charge is 0.490 e. The minimum Gasteiger partial charge on any atom is -0.490 e. The number of rotatable bonds is 6. The summed E-state index contributed by atoms with van der Waals surface area (Å²) in [6, 6.07) is 11.2. The molecule has 0 bridgehead atoms. The van der Waals surface area contributed by atoms with E-state index in [4.69, 9.17) is 14.7 Å². The first-order valence-electron chi connectivity index (χ1n) is 7.58. The lowest BCUT2D eigenvalue weighted by atomic mass is 10.1. The van der Waals surface area contributed by atoms with E-state index in [9.17, 15) is 13.2 Å². The second kappa shape index (κ2) is 8.34. The SMILES string of the molecule is CCOc1cc(C#N)cc(Br)c1OC(=O)c1cccc(CS(C)(=O)=O)c1. The van der Waals surface area contributed by atoms with Gasteiger partial charge in [-0.2, -0.15) is 5.26 Å². The number of hydrogen-bond acceptors (Lipinski definition) is 6. The molecule has 0 radical (unpaired) electrons. The van der Waals surface area contributed by atoms with Gasteiger partial charge in [0.15, 0.2) is 21.3 Å². The van der Waals surface area contributed by atoms with Crippen LogP contribution in [0, 0.1) is 11.3 Å². The number of ether oxygens (including phenoxy) is 2. The minimum absolute atomic E-state index is 0.157. The topological polar surface area (TPSA) is 93.5 Å². The maximum absolute atomic E-state index is 12.5. The molecule has 0 atom stereocenters. The van der Waals surface area contributed by atoms with Gasteiger partial charge in [-0.3, -0.25) is 0 Å². The lowest BCUT2D eigenvalue weighted by molar-refractivity contribution is 0.0727. The number of benzene rings is 2. The van der Waals surface area contributed by atoms with Gasteiger partial charge in [-0.25, -0.2) is 13.2 Å². The zero-order chi connectivity index (χ0) is 19.3. The van der Waals surface area contributed by atoms with E-state index in [1.165, 1.54) is 24.3 Å². The number of sulfone groups is 1. The van der Waals surface area contributed by atoms with Crippen molar-refractivity contribution in [2.45, 2.75) is 12.7 Å². The van der Waals surface area contributed by atoms with Gasteiger partial charge in [0.2, 0.25) is 0 Å². The Kier molecular flexibility index (Phi) is 6.40. The molecule has 0 amide bonds. The van der Waals surface area contributed by atoms with Crippen LogP contribution in [-0.4, -0.2) is 27.2 Å². The quantitative estimate of drug-likeness (QED) is 0.507. The van der Waals surface area contributed by atoms with Crippen molar-refractivity contribution in [3.05, 3.63) is 57.6 Å². The molecule has 0 spiro atoms. The van der Waals surface area contributed by atoms with Gasteiger partial charge < -0.3 is 9.47 Å². The average molecular weight is 438 g/mol. The van der Waals surface area contributed by atoms with E-state index in [-0.39, 0.29) is 22.8 Å². The van der Waals surface area contributed by atoms with Crippen molar-refractivity contribution >= 4 is 31.7 Å². The molecule has 26 heavy (non-hydrogen) atoms. The first-order chi connectivity index (χ1) is 12.2. The Hall–Kier alpha value is -2.37. The number of nitrogens with zero attached hydrogens (tertiary/aromatic N) is 1. The standard InChI is InChI=1S/C18H16BrNO5S/c1-3-24-16-9-13(10-20)8-15(19)17(16)25-18(21)14-6-4-5-12(7-14)11-26(2,22)23/h4-9H,3,11H2,1-2H3. The molecule has 0 heterocycles. The summed E-state index contributed by atoms with van der Waals surface area (Å²) in [5.41, 5.74) is 1.06. The molecular weight excluding hydrogens is 422 g/mol. The van der Waals surface area contributed by atoms with E-state index in [1.54, 1.807) is 19.1 Å². The first kappa shape index (κ1) is 19.9. The van der Waals surface area contributed by atoms with Crippen molar-refractivity contribution in [2.24, 2.45) is 0 Å². The van der Waals surface area contributed by atoms with E-state index in [0.29, 0.717) is 22.2 Å². The van der Waals surface area contributed by atoms with Crippen molar-refractivity contribution in [3.8, 4) is 17.6 Å². The summed E-state index contributed by atoms with van der Waals surface area (Å²) < 4.78 is 34.1. The molecule has 2 aromatic rings. The molecule has 0 aliphatic rings. The van der Waals surface area contributed by atoms with Crippen LogP contribution in [0.4, 0.5) is 0 Å². The average Bonchev–Trinajstić information content (AvgIpc) is 2.56. The summed E-state index contributed by atoms with van der Waals surface area (Å²) >= 11 is 3.28. The molecule has 0 aliphatic carbocycles. The number of esters is 1. The van der Waals surface area contributed by atoms with Crippen LogP contribution in [-0.2, 0) is 15.6 Å². The van der Waals surface area contributed by atoms with E-state index < -0.39 is 15.8 Å². The Morgan fingerprint density at radius 1 is 1.27 bits per heavy atom. The van der Waals surface area contributed by atoms with Crippen molar-refractivity contribution < 1.29 is 22.7 Å². The highest BCUT2D eigenvalue weighted by molar-refractivity contribution is 9.10. The summed E-state index contributed by atoms with van der Waals surface area (Å²) in [7, 11) is -3.22. The summed E-state index contributed by atoms with van der Waals surface area (Å²) in [4.78, 5) is 12.5. The predicted molar refractivity (Wildman–Crippen MR) is 100.0 cm³/mol. The fraction of sp³-hybridized carbons (Fsp3) is 0.222. The van der Waals surface area contributed by atoms with Crippen LogP contribution in [0.5, 0.6) is 11.5 Å². The number of halogens is 1. The molecule has 0 N–H and O–H groups in total. The van der Waals surface area contributed by atoms with Crippen LogP contribution in [0.15, 0.2) is 40.9 Å². The molecule has 6 nitrogen and oxygen atoms in total. The molecule has 136 valence electrons. The third kappa shape index (κ3) is 5.31. The van der Waals surface area contributed by atoms with E-state index >= 15 is 0 Å². The molecule has 2 aromatic carbocycles. The highest BCUT2D eigenvalue weighted by Gasteiger charge is 2.18. The van der Waals surface area contributed by atoms with Crippen molar-refractivity contribution in [2.75, 3.05) is 12.9 Å². The fourth-order valence-electron chi connectivity index (χ4n) is 2.24. The van der Waals surface area contributed by atoms with E-state index in [2.05, 4.69) is 15.9 Å². The highest BCUT2D eigenvalue weighted by Crippen LogP contribution is 2.37. The number of nitriles is 1. The molecule has 0 saturated carbocycles. The third-order valence-corrected chi connectivity index (χ3v) is 4.67. The molecule has 0 aliphatic heterocycles. The molecular formula is C18H16BrNO5S. The van der Waals surface area contributed by atoms with Crippen LogP contribution in [0.1, 0.15) is 28.4 Å². The monoisotopic (exact) mass is 437 g/mol. The third-order valence-electron chi connectivity index (χ3n) is 3.22. The fourth-order valence-corrected chi connectivity index (χ4v) is 3.54. The van der Waals surface area contributed by atoms with Gasteiger partial charge in [-0.15, -0.1) is 0 Å². The minimum atomic E-state index is -3.22. The molecule has 2 rings (SSSR count). The number of carbonyl (C=O) groups excluding carboxylic acids is 1. The van der Waals surface area contributed by atoms with Crippen LogP contribution in [0.2, 0.25) is 0 Å². The molecule has 0 aromatic heterocycles.